The molecule has 0 saturated heterocycles. The van der Waals surface area contributed by atoms with Gasteiger partial charge in [-0.25, -0.2) is 0 Å². The van der Waals surface area contributed by atoms with Crippen LogP contribution in [0.5, 0.6) is 0 Å². The highest BCUT2D eigenvalue weighted by Gasteiger charge is 2.95. The average Bonchev–Trinajstić information content (AvgIpc) is 2.73. The first-order valence-electron chi connectivity index (χ1n) is 10.6. The largest absolute Gasteiger partial charge is 0.460 e. The van der Waals surface area contributed by atoms with Crippen LogP contribution in [0.3, 0.4) is 0 Å². The molecule has 37 heavy (non-hydrogen) atoms. The quantitative estimate of drug-likeness (QED) is 0.0952. The molecule has 0 N–H and O–H groups in total. The number of alkyl halides is 17. The highest BCUT2D eigenvalue weighted by atomic mass is 32.1. The van der Waals surface area contributed by atoms with Gasteiger partial charge in [0.05, 0.1) is 0 Å². The average molecular weight is 606 g/mol. The lowest BCUT2D eigenvalue weighted by atomic mass is 9.87. The van der Waals surface area contributed by atoms with Crippen LogP contribution in [0.1, 0.15) is 64.2 Å². The van der Waals surface area contributed by atoms with E-state index in [0.717, 1.165) is 19.3 Å². The van der Waals surface area contributed by atoms with Gasteiger partial charge in [0.25, 0.3) is 0 Å². The second-order valence-electron chi connectivity index (χ2n) is 8.30. The van der Waals surface area contributed by atoms with Gasteiger partial charge in [-0.3, -0.25) is 0 Å². The fourth-order valence-corrected chi connectivity index (χ4v) is 3.27. The van der Waals surface area contributed by atoms with Crippen LogP contribution in [-0.4, -0.2) is 53.4 Å². The van der Waals surface area contributed by atoms with Crippen molar-refractivity contribution in [2.24, 2.45) is 0 Å². The molecule has 0 saturated carbocycles. The Kier molecular flexibility index (Phi) is 11.9. The summed E-state index contributed by atoms with van der Waals surface area (Å²) in [5, 5.41) is 0. The molecule has 0 atom stereocenters. The van der Waals surface area contributed by atoms with E-state index < -0.39 is 60.5 Å². The molecule has 0 rings (SSSR count). The molecule has 0 aromatic heterocycles. The Balaban J connectivity index is 5.58. The molecule has 0 aromatic rings. The van der Waals surface area contributed by atoms with Gasteiger partial charge in [0.1, 0.15) is 0 Å². The monoisotopic (exact) mass is 606 g/mol. The van der Waals surface area contributed by atoms with Crippen LogP contribution < -0.4 is 0 Å². The maximum Gasteiger partial charge on any atom is 0.460 e. The van der Waals surface area contributed by atoms with Gasteiger partial charge in [-0.05, 0) is 18.6 Å². The highest BCUT2D eigenvalue weighted by molar-refractivity contribution is 7.80. The molecule has 0 heterocycles. The molecule has 0 nitrogen and oxygen atoms in total. The smallest absolute Gasteiger partial charge is 0.200 e. The zero-order valence-electron chi connectivity index (χ0n) is 18.7. The van der Waals surface area contributed by atoms with Crippen molar-refractivity contribution in [1.29, 1.82) is 0 Å². The molecule has 0 unspecified atom stereocenters. The second-order valence-corrected chi connectivity index (χ2v) is 8.75. The van der Waals surface area contributed by atoms with Crippen LogP contribution in [0.25, 0.3) is 0 Å². The summed E-state index contributed by atoms with van der Waals surface area (Å²) < 4.78 is 224. The number of halogens is 17. The number of hydrogen-bond acceptors (Lipinski definition) is 1. The summed E-state index contributed by atoms with van der Waals surface area (Å²) in [5.74, 6) is -55.1. The highest BCUT2D eigenvalue weighted by Crippen LogP contribution is 2.64. The molecule has 0 spiro atoms. The van der Waals surface area contributed by atoms with Gasteiger partial charge < -0.3 is 0 Å². The molecule has 0 bridgehead atoms. The summed E-state index contributed by atoms with van der Waals surface area (Å²) in [6, 6.07) is 0. The summed E-state index contributed by atoms with van der Waals surface area (Å²) in [6.45, 7) is 0. The van der Waals surface area contributed by atoms with Crippen molar-refractivity contribution in [3.05, 3.63) is 0 Å². The van der Waals surface area contributed by atoms with Crippen LogP contribution in [-0.2, 0) is 0 Å². The van der Waals surface area contributed by atoms with E-state index in [1.807, 2.05) is 0 Å². The van der Waals surface area contributed by atoms with E-state index >= 15 is 0 Å². The van der Waals surface area contributed by atoms with Gasteiger partial charge in [-0.1, -0.05) is 44.9 Å². The summed E-state index contributed by atoms with van der Waals surface area (Å²) in [4.78, 5) is 0. The Morgan fingerprint density at radius 3 is 0.919 bits per heavy atom. The van der Waals surface area contributed by atoms with Crippen LogP contribution in [0, 0.1) is 0 Å². The van der Waals surface area contributed by atoms with Crippen LogP contribution in [0.15, 0.2) is 0 Å². The normalized spacial score (nSPS) is 15.4. The minimum absolute atomic E-state index is 0.0809. The fraction of sp³-hybridized carbons (Fsp3) is 1.00. The number of unbranched alkanes of at least 4 members (excludes halogenated alkanes) is 8. The molecule has 224 valence electrons. The third kappa shape index (κ3) is 6.84. The number of rotatable bonds is 17. The van der Waals surface area contributed by atoms with E-state index in [0.29, 0.717) is 25.0 Å². The molecule has 0 fully saturated rings. The predicted molar refractivity (Wildman–Crippen MR) is 101 cm³/mol. The standard InChI is InChI=1S/C19H23F17S/c20-12(21,10-8-6-4-2-1-3-5-7-9-11-37)13(22,23)14(24,25)15(26,27)16(28,29)17(30,31)18(32,33)19(34,35)36/h37H,1-11H2. The zero-order chi connectivity index (χ0) is 29.8. The zero-order valence-corrected chi connectivity index (χ0v) is 19.5. The van der Waals surface area contributed by atoms with E-state index in [4.69, 9.17) is 0 Å². The molecule has 0 radical (unpaired) electrons. The SMILES string of the molecule is FC(F)(F)C(F)(F)C(F)(F)C(F)(F)C(F)(F)C(F)(F)C(F)(F)C(F)(F)CCCCCCCCCCCS. The number of thiol groups is 1. The molecule has 0 aromatic carbocycles. The van der Waals surface area contributed by atoms with Crippen molar-refractivity contribution in [2.45, 2.75) is 112 Å². The Morgan fingerprint density at radius 1 is 0.324 bits per heavy atom. The van der Waals surface area contributed by atoms with Gasteiger partial charge in [-0.2, -0.15) is 87.3 Å². The molecule has 18 heteroatoms. The summed E-state index contributed by atoms with van der Waals surface area (Å²) in [5.41, 5.74) is 0. The third-order valence-corrected chi connectivity index (χ3v) is 5.75. The van der Waals surface area contributed by atoms with Gasteiger partial charge in [0.15, 0.2) is 0 Å². The van der Waals surface area contributed by atoms with E-state index in [9.17, 15) is 74.6 Å². The predicted octanol–water partition coefficient (Wildman–Crippen LogP) is 9.83. The molecule has 0 aliphatic carbocycles. The van der Waals surface area contributed by atoms with Crippen LogP contribution in [0.2, 0.25) is 0 Å². The van der Waals surface area contributed by atoms with Crippen molar-refractivity contribution < 1.29 is 74.6 Å². The van der Waals surface area contributed by atoms with E-state index in [1.165, 1.54) is 0 Å². The summed E-state index contributed by atoms with van der Waals surface area (Å²) in [7, 11) is 0. The first kappa shape index (κ1) is 36.2. The van der Waals surface area contributed by atoms with Crippen molar-refractivity contribution in [1.82, 2.24) is 0 Å². The van der Waals surface area contributed by atoms with Crippen molar-refractivity contribution >= 4 is 12.6 Å². The lowest BCUT2D eigenvalue weighted by molar-refractivity contribution is -0.461. The van der Waals surface area contributed by atoms with E-state index in [1.54, 1.807) is 0 Å². The van der Waals surface area contributed by atoms with Gasteiger partial charge in [0, 0.05) is 6.42 Å². The van der Waals surface area contributed by atoms with E-state index in [-0.39, 0.29) is 12.8 Å². The Morgan fingerprint density at radius 2 is 0.595 bits per heavy atom. The van der Waals surface area contributed by atoms with Gasteiger partial charge in [0.2, 0.25) is 0 Å². The Bertz CT molecular complexity index is 699. The van der Waals surface area contributed by atoms with Crippen LogP contribution in [0.4, 0.5) is 74.6 Å². The topological polar surface area (TPSA) is 0 Å². The van der Waals surface area contributed by atoms with Crippen molar-refractivity contribution in [2.75, 3.05) is 5.75 Å². The minimum atomic E-state index is -8.57. The maximum absolute atomic E-state index is 13.8. The lowest BCUT2D eigenvalue weighted by Gasteiger charge is -2.42. The third-order valence-electron chi connectivity index (χ3n) is 5.44. The maximum atomic E-state index is 13.8. The van der Waals surface area contributed by atoms with Gasteiger partial charge in [-0.15, -0.1) is 0 Å². The summed E-state index contributed by atoms with van der Waals surface area (Å²) in [6.07, 6.45) is -7.29. The van der Waals surface area contributed by atoms with E-state index in [2.05, 4.69) is 12.6 Å². The van der Waals surface area contributed by atoms with Crippen LogP contribution >= 0.6 is 12.6 Å². The first-order valence-corrected chi connectivity index (χ1v) is 11.3. The fourth-order valence-electron chi connectivity index (χ4n) is 3.05. The number of hydrogen-bond donors (Lipinski definition) is 1. The minimum Gasteiger partial charge on any atom is -0.200 e. The van der Waals surface area contributed by atoms with Crippen molar-refractivity contribution in [3.63, 3.8) is 0 Å². The van der Waals surface area contributed by atoms with Gasteiger partial charge >= 0.3 is 47.6 Å². The Labute approximate surface area is 205 Å². The van der Waals surface area contributed by atoms with Crippen molar-refractivity contribution in [3.8, 4) is 0 Å². The lowest BCUT2D eigenvalue weighted by Crippen LogP contribution is -2.74. The molecular weight excluding hydrogens is 583 g/mol. The Hall–Kier alpha value is -0.840. The molecule has 0 aliphatic rings. The molecule has 0 aliphatic heterocycles. The summed E-state index contributed by atoms with van der Waals surface area (Å²) >= 11 is 3.98. The first-order chi connectivity index (χ1) is 16.3. The second kappa shape index (κ2) is 12.1. The molecular formula is C19H23F17S. The molecule has 0 amide bonds.